The van der Waals surface area contributed by atoms with Crippen molar-refractivity contribution in [1.29, 1.82) is 0 Å². The van der Waals surface area contributed by atoms with Crippen LogP contribution in [0.25, 0.3) is 0 Å². The molecule has 0 N–H and O–H groups in total. The van der Waals surface area contributed by atoms with Gasteiger partial charge in [-0.2, -0.15) is 0 Å². The number of carbonyl (C=O) groups excluding carboxylic acids is 2. The van der Waals surface area contributed by atoms with Crippen LogP contribution in [0.3, 0.4) is 0 Å². The molecule has 4 rings (SSSR count). The SMILES string of the molecule is COc1cc2c(cc1OC)C(C(=O)N1CCC(C)CC1)C(c1ccc(SC)cc1)N(C)C2=O. The van der Waals surface area contributed by atoms with Gasteiger partial charge in [-0.1, -0.05) is 19.1 Å². The molecule has 2 atom stereocenters. The van der Waals surface area contributed by atoms with Gasteiger partial charge in [0.05, 0.1) is 26.2 Å². The predicted octanol–water partition coefficient (Wildman–Crippen LogP) is 4.59. The van der Waals surface area contributed by atoms with Crippen molar-refractivity contribution >= 4 is 23.6 Å². The summed E-state index contributed by atoms with van der Waals surface area (Å²) in [5.41, 5.74) is 2.15. The van der Waals surface area contributed by atoms with Gasteiger partial charge >= 0.3 is 0 Å². The molecule has 33 heavy (non-hydrogen) atoms. The van der Waals surface area contributed by atoms with Crippen molar-refractivity contribution in [2.75, 3.05) is 40.6 Å². The van der Waals surface area contributed by atoms with Crippen molar-refractivity contribution in [1.82, 2.24) is 9.80 Å². The lowest BCUT2D eigenvalue weighted by molar-refractivity contribution is -0.135. The topological polar surface area (TPSA) is 59.1 Å². The van der Waals surface area contributed by atoms with E-state index in [2.05, 4.69) is 6.92 Å². The van der Waals surface area contributed by atoms with E-state index >= 15 is 0 Å². The first-order chi connectivity index (χ1) is 15.9. The van der Waals surface area contributed by atoms with E-state index in [1.807, 2.05) is 41.5 Å². The molecule has 2 aromatic carbocycles. The Labute approximate surface area is 200 Å². The molecule has 1 saturated heterocycles. The Morgan fingerprint density at radius 1 is 1.03 bits per heavy atom. The third kappa shape index (κ3) is 4.31. The Morgan fingerprint density at radius 2 is 1.64 bits per heavy atom. The van der Waals surface area contributed by atoms with Gasteiger partial charge in [0.2, 0.25) is 5.91 Å². The summed E-state index contributed by atoms with van der Waals surface area (Å²) in [4.78, 5) is 32.3. The number of likely N-dealkylation sites (tertiary alicyclic amines) is 1. The molecular weight excluding hydrogens is 436 g/mol. The van der Waals surface area contributed by atoms with Gasteiger partial charge in [0.1, 0.15) is 0 Å². The first kappa shape index (κ1) is 23.5. The Morgan fingerprint density at radius 3 is 2.21 bits per heavy atom. The number of methoxy groups -OCH3 is 2. The highest BCUT2D eigenvalue weighted by Crippen LogP contribution is 2.46. The van der Waals surface area contributed by atoms with Gasteiger partial charge in [-0.25, -0.2) is 0 Å². The van der Waals surface area contributed by atoms with Gasteiger partial charge in [0.15, 0.2) is 11.5 Å². The fourth-order valence-corrected chi connectivity index (χ4v) is 5.37. The number of likely N-dealkylation sites (N-methyl/N-ethyl adjacent to an activating group) is 1. The zero-order valence-electron chi connectivity index (χ0n) is 20.0. The maximum absolute atomic E-state index is 14.0. The number of ether oxygens (including phenoxy) is 2. The number of rotatable bonds is 5. The Kier molecular flexibility index (Phi) is 6.88. The summed E-state index contributed by atoms with van der Waals surface area (Å²) in [6, 6.07) is 11.3. The maximum atomic E-state index is 14.0. The Bertz CT molecular complexity index is 1030. The van der Waals surface area contributed by atoms with Gasteiger partial charge in [-0.05, 0) is 60.4 Å². The summed E-state index contributed by atoms with van der Waals surface area (Å²) < 4.78 is 11.0. The summed E-state index contributed by atoms with van der Waals surface area (Å²) in [7, 11) is 4.91. The standard InChI is InChI=1S/C26H32N2O4S/c1-16-10-12-28(13-11-16)26(30)23-19-14-21(31-3)22(32-4)15-20(19)25(29)27(2)24(23)17-6-8-18(33-5)9-7-17/h6-9,14-16,23-24H,10-13H2,1-5H3. The largest absolute Gasteiger partial charge is 0.493 e. The summed E-state index contributed by atoms with van der Waals surface area (Å²) >= 11 is 1.67. The second-order valence-electron chi connectivity index (χ2n) is 8.91. The summed E-state index contributed by atoms with van der Waals surface area (Å²) in [6.45, 7) is 3.72. The Balaban J connectivity index is 1.86. The minimum atomic E-state index is -0.518. The van der Waals surface area contributed by atoms with Crippen LogP contribution in [-0.2, 0) is 4.79 Å². The van der Waals surface area contributed by atoms with E-state index in [1.54, 1.807) is 44.0 Å². The average molecular weight is 469 g/mol. The number of hydrogen-bond donors (Lipinski definition) is 0. The van der Waals surface area contributed by atoms with Crippen LogP contribution in [0, 0.1) is 5.92 Å². The van der Waals surface area contributed by atoms with E-state index in [4.69, 9.17) is 9.47 Å². The van der Waals surface area contributed by atoms with Crippen molar-refractivity contribution < 1.29 is 19.1 Å². The molecule has 0 aromatic heterocycles. The van der Waals surface area contributed by atoms with Crippen molar-refractivity contribution in [3.05, 3.63) is 53.1 Å². The monoisotopic (exact) mass is 468 g/mol. The fourth-order valence-electron chi connectivity index (χ4n) is 4.96. The zero-order valence-corrected chi connectivity index (χ0v) is 20.8. The molecule has 2 aliphatic heterocycles. The van der Waals surface area contributed by atoms with Gasteiger partial charge in [-0.3, -0.25) is 9.59 Å². The molecule has 6 nitrogen and oxygen atoms in total. The normalized spacial score (nSPS) is 21.1. The molecule has 0 bridgehead atoms. The number of amides is 2. The van der Waals surface area contributed by atoms with Gasteiger partial charge in [0.25, 0.3) is 5.91 Å². The highest BCUT2D eigenvalue weighted by Gasteiger charge is 2.45. The summed E-state index contributed by atoms with van der Waals surface area (Å²) in [6.07, 6.45) is 4.03. The number of fused-ring (bicyclic) bond motifs is 1. The third-order valence-corrected chi connectivity index (χ3v) is 7.74. The van der Waals surface area contributed by atoms with Gasteiger partial charge < -0.3 is 19.3 Å². The van der Waals surface area contributed by atoms with Crippen LogP contribution in [0.15, 0.2) is 41.3 Å². The first-order valence-corrected chi connectivity index (χ1v) is 12.6. The second-order valence-corrected chi connectivity index (χ2v) is 9.79. The van der Waals surface area contributed by atoms with Crippen LogP contribution in [-0.4, -0.2) is 62.2 Å². The third-order valence-electron chi connectivity index (χ3n) is 6.99. The van der Waals surface area contributed by atoms with E-state index in [9.17, 15) is 9.59 Å². The van der Waals surface area contributed by atoms with E-state index in [0.717, 1.165) is 36.4 Å². The van der Waals surface area contributed by atoms with Crippen molar-refractivity contribution in [3.63, 3.8) is 0 Å². The molecular formula is C26H32N2O4S. The highest BCUT2D eigenvalue weighted by atomic mass is 32.2. The smallest absolute Gasteiger partial charge is 0.254 e. The molecule has 2 amide bonds. The maximum Gasteiger partial charge on any atom is 0.254 e. The molecule has 176 valence electrons. The first-order valence-electron chi connectivity index (χ1n) is 11.3. The molecule has 0 spiro atoms. The molecule has 0 radical (unpaired) electrons. The lowest BCUT2D eigenvalue weighted by Gasteiger charge is -2.43. The zero-order chi connectivity index (χ0) is 23.7. The fraction of sp³-hybridized carbons (Fsp3) is 0.462. The average Bonchev–Trinajstić information content (AvgIpc) is 2.85. The van der Waals surface area contributed by atoms with Crippen molar-refractivity contribution in [3.8, 4) is 11.5 Å². The van der Waals surface area contributed by atoms with E-state index in [-0.39, 0.29) is 11.8 Å². The number of piperidine rings is 1. The molecule has 2 heterocycles. The van der Waals surface area contributed by atoms with E-state index in [0.29, 0.717) is 28.5 Å². The summed E-state index contributed by atoms with van der Waals surface area (Å²) in [5.74, 6) is 1.05. The highest BCUT2D eigenvalue weighted by molar-refractivity contribution is 7.98. The predicted molar refractivity (Wildman–Crippen MR) is 130 cm³/mol. The number of benzene rings is 2. The van der Waals surface area contributed by atoms with Crippen LogP contribution in [0.4, 0.5) is 0 Å². The quantitative estimate of drug-likeness (QED) is 0.601. The van der Waals surface area contributed by atoms with E-state index < -0.39 is 12.0 Å². The van der Waals surface area contributed by atoms with Crippen molar-refractivity contribution in [2.24, 2.45) is 5.92 Å². The van der Waals surface area contributed by atoms with Crippen LogP contribution in [0.5, 0.6) is 11.5 Å². The number of carbonyl (C=O) groups is 2. The lowest BCUT2D eigenvalue weighted by Crippen LogP contribution is -2.48. The molecule has 7 heteroatoms. The van der Waals surface area contributed by atoms with Crippen molar-refractivity contribution in [2.45, 2.75) is 36.6 Å². The van der Waals surface area contributed by atoms with Crippen LogP contribution < -0.4 is 9.47 Å². The Hall–Kier alpha value is -2.67. The molecule has 1 fully saturated rings. The number of hydrogen-bond acceptors (Lipinski definition) is 5. The van der Waals surface area contributed by atoms with Gasteiger partial charge in [0, 0.05) is 30.6 Å². The summed E-state index contributed by atoms with van der Waals surface area (Å²) in [5, 5.41) is 0. The lowest BCUT2D eigenvalue weighted by atomic mass is 9.78. The van der Waals surface area contributed by atoms with E-state index in [1.165, 1.54) is 0 Å². The van der Waals surface area contributed by atoms with Crippen LogP contribution in [0.2, 0.25) is 0 Å². The molecule has 2 unspecified atom stereocenters. The molecule has 2 aliphatic rings. The van der Waals surface area contributed by atoms with Crippen LogP contribution >= 0.6 is 11.8 Å². The minimum Gasteiger partial charge on any atom is -0.493 e. The molecule has 0 aliphatic carbocycles. The minimum absolute atomic E-state index is 0.0636. The number of nitrogens with zero attached hydrogens (tertiary/aromatic N) is 2. The van der Waals surface area contributed by atoms with Crippen LogP contribution in [0.1, 0.15) is 53.2 Å². The number of thioether (sulfide) groups is 1. The second kappa shape index (κ2) is 9.67. The van der Waals surface area contributed by atoms with Gasteiger partial charge in [-0.15, -0.1) is 11.8 Å². The molecule has 0 saturated carbocycles. The molecule has 2 aromatic rings.